The standard InChI is InChI=1S/C23H29ClN2O4/c1-5-16(2)25-23(28)17(3)26(14-18-7-6-8-19(24)13-18)22(27)15-30-21-11-9-20(29-4)10-12-21/h6-13,16-17H,5,14-15H2,1-4H3,(H,25,28)/t16-,17-/m1/s1. The van der Waals surface area contributed by atoms with Gasteiger partial charge >= 0.3 is 0 Å². The minimum absolute atomic E-state index is 0.0265. The van der Waals surface area contributed by atoms with Crippen LogP contribution in [0.5, 0.6) is 11.5 Å². The molecule has 0 fully saturated rings. The molecular weight excluding hydrogens is 404 g/mol. The second-order valence-electron chi connectivity index (χ2n) is 7.11. The molecule has 0 saturated heterocycles. The van der Waals surface area contributed by atoms with E-state index in [9.17, 15) is 9.59 Å². The lowest BCUT2D eigenvalue weighted by molar-refractivity contribution is -0.142. The summed E-state index contributed by atoms with van der Waals surface area (Å²) in [6, 6.07) is 13.6. The number of carbonyl (C=O) groups is 2. The van der Waals surface area contributed by atoms with Crippen LogP contribution in [0.3, 0.4) is 0 Å². The number of benzene rings is 2. The summed E-state index contributed by atoms with van der Waals surface area (Å²) in [4.78, 5) is 27.2. The van der Waals surface area contributed by atoms with E-state index in [0.29, 0.717) is 16.5 Å². The molecule has 0 bridgehead atoms. The van der Waals surface area contributed by atoms with Gasteiger partial charge in [-0.25, -0.2) is 0 Å². The van der Waals surface area contributed by atoms with Crippen molar-refractivity contribution in [3.8, 4) is 11.5 Å². The maximum Gasteiger partial charge on any atom is 0.261 e. The zero-order chi connectivity index (χ0) is 22.1. The highest BCUT2D eigenvalue weighted by Gasteiger charge is 2.27. The van der Waals surface area contributed by atoms with Crippen LogP contribution in [-0.2, 0) is 16.1 Å². The topological polar surface area (TPSA) is 67.9 Å². The maximum atomic E-state index is 13.0. The SMILES string of the molecule is CC[C@@H](C)NC(=O)[C@@H](C)N(Cc1cccc(Cl)c1)C(=O)COc1ccc(OC)cc1. The minimum Gasteiger partial charge on any atom is -0.497 e. The van der Waals surface area contributed by atoms with E-state index in [1.807, 2.05) is 26.0 Å². The molecule has 6 nitrogen and oxygen atoms in total. The molecule has 0 saturated carbocycles. The Hall–Kier alpha value is -2.73. The zero-order valence-corrected chi connectivity index (χ0v) is 18.6. The van der Waals surface area contributed by atoms with Crippen molar-refractivity contribution in [2.75, 3.05) is 13.7 Å². The Morgan fingerprint density at radius 3 is 2.37 bits per heavy atom. The van der Waals surface area contributed by atoms with Crippen LogP contribution in [-0.4, -0.2) is 42.5 Å². The normalized spacial score (nSPS) is 12.6. The summed E-state index contributed by atoms with van der Waals surface area (Å²) in [7, 11) is 1.58. The molecule has 2 atom stereocenters. The zero-order valence-electron chi connectivity index (χ0n) is 17.9. The van der Waals surface area contributed by atoms with Crippen LogP contribution >= 0.6 is 11.6 Å². The van der Waals surface area contributed by atoms with Crippen LogP contribution in [0, 0.1) is 0 Å². The fourth-order valence-corrected chi connectivity index (χ4v) is 2.99. The summed E-state index contributed by atoms with van der Waals surface area (Å²) in [5.74, 6) is 0.747. The van der Waals surface area contributed by atoms with Crippen LogP contribution in [0.2, 0.25) is 5.02 Å². The van der Waals surface area contributed by atoms with E-state index in [2.05, 4.69) is 5.32 Å². The number of hydrogen-bond donors (Lipinski definition) is 1. The van der Waals surface area contributed by atoms with Crippen LogP contribution in [0.25, 0.3) is 0 Å². The van der Waals surface area contributed by atoms with Gasteiger partial charge in [-0.1, -0.05) is 30.7 Å². The third kappa shape index (κ3) is 6.95. The van der Waals surface area contributed by atoms with Crippen LogP contribution < -0.4 is 14.8 Å². The highest BCUT2D eigenvalue weighted by atomic mass is 35.5. The second-order valence-corrected chi connectivity index (χ2v) is 7.55. The third-order valence-corrected chi connectivity index (χ3v) is 5.07. The fraction of sp³-hybridized carbons (Fsp3) is 0.391. The summed E-state index contributed by atoms with van der Waals surface area (Å²) in [6.45, 7) is 5.70. The van der Waals surface area contributed by atoms with Gasteiger partial charge in [-0.2, -0.15) is 0 Å². The van der Waals surface area contributed by atoms with Gasteiger partial charge in [0.05, 0.1) is 7.11 Å². The Bertz CT molecular complexity index is 841. The molecule has 0 radical (unpaired) electrons. The first-order valence-electron chi connectivity index (χ1n) is 9.95. The van der Waals surface area contributed by atoms with Crippen molar-refractivity contribution in [1.29, 1.82) is 0 Å². The molecule has 2 rings (SSSR count). The maximum absolute atomic E-state index is 13.0. The quantitative estimate of drug-likeness (QED) is 0.614. The van der Waals surface area contributed by atoms with Gasteiger partial charge in [-0.05, 0) is 62.2 Å². The van der Waals surface area contributed by atoms with Gasteiger partial charge in [-0.15, -0.1) is 0 Å². The largest absolute Gasteiger partial charge is 0.497 e. The molecule has 7 heteroatoms. The van der Waals surface area contributed by atoms with Gasteiger partial charge in [0.25, 0.3) is 5.91 Å². The average Bonchev–Trinajstić information content (AvgIpc) is 2.75. The van der Waals surface area contributed by atoms with Crippen molar-refractivity contribution in [2.45, 2.75) is 45.8 Å². The highest BCUT2D eigenvalue weighted by molar-refractivity contribution is 6.30. The van der Waals surface area contributed by atoms with Gasteiger partial charge < -0.3 is 19.7 Å². The molecule has 0 aromatic heterocycles. The van der Waals surface area contributed by atoms with Crippen molar-refractivity contribution in [3.63, 3.8) is 0 Å². The lowest BCUT2D eigenvalue weighted by Crippen LogP contribution is -2.50. The summed E-state index contributed by atoms with van der Waals surface area (Å²) >= 11 is 6.09. The number of amides is 2. The summed E-state index contributed by atoms with van der Waals surface area (Å²) in [5.41, 5.74) is 0.837. The number of halogens is 1. The van der Waals surface area contributed by atoms with E-state index < -0.39 is 6.04 Å². The first-order chi connectivity index (χ1) is 14.3. The molecule has 0 aliphatic heterocycles. The number of methoxy groups -OCH3 is 1. The Balaban J connectivity index is 2.13. The Morgan fingerprint density at radius 2 is 1.77 bits per heavy atom. The first kappa shape index (κ1) is 23.5. The molecule has 2 amide bonds. The lowest BCUT2D eigenvalue weighted by Gasteiger charge is -2.29. The van der Waals surface area contributed by atoms with E-state index in [1.54, 1.807) is 50.4 Å². The van der Waals surface area contributed by atoms with Crippen LogP contribution in [0.15, 0.2) is 48.5 Å². The number of rotatable bonds is 10. The Labute approximate surface area is 183 Å². The molecule has 0 spiro atoms. The first-order valence-corrected chi connectivity index (χ1v) is 10.3. The Kier molecular flexibility index (Phi) is 8.99. The van der Waals surface area contributed by atoms with E-state index in [4.69, 9.17) is 21.1 Å². The minimum atomic E-state index is -0.662. The van der Waals surface area contributed by atoms with Crippen LogP contribution in [0.4, 0.5) is 0 Å². The van der Waals surface area contributed by atoms with Gasteiger partial charge in [-0.3, -0.25) is 9.59 Å². The second kappa shape index (κ2) is 11.5. The average molecular weight is 433 g/mol. The highest BCUT2D eigenvalue weighted by Crippen LogP contribution is 2.18. The number of carbonyl (C=O) groups excluding carboxylic acids is 2. The number of hydrogen-bond acceptors (Lipinski definition) is 4. The molecule has 0 heterocycles. The van der Waals surface area contributed by atoms with E-state index in [1.165, 1.54) is 4.90 Å². The number of nitrogens with zero attached hydrogens (tertiary/aromatic N) is 1. The van der Waals surface area contributed by atoms with Crippen molar-refractivity contribution >= 4 is 23.4 Å². The monoisotopic (exact) mass is 432 g/mol. The van der Waals surface area contributed by atoms with E-state index >= 15 is 0 Å². The summed E-state index contributed by atoms with van der Waals surface area (Å²) in [6.07, 6.45) is 0.807. The molecule has 1 N–H and O–H groups in total. The van der Waals surface area contributed by atoms with Crippen molar-refractivity contribution < 1.29 is 19.1 Å². The van der Waals surface area contributed by atoms with Crippen molar-refractivity contribution in [3.05, 3.63) is 59.1 Å². The van der Waals surface area contributed by atoms with Crippen molar-refractivity contribution in [2.24, 2.45) is 0 Å². The van der Waals surface area contributed by atoms with E-state index in [0.717, 1.165) is 12.0 Å². The predicted molar refractivity (Wildman–Crippen MR) is 118 cm³/mol. The van der Waals surface area contributed by atoms with Crippen LogP contribution in [0.1, 0.15) is 32.8 Å². The molecule has 2 aromatic rings. The summed E-state index contributed by atoms with van der Waals surface area (Å²) < 4.78 is 10.8. The smallest absolute Gasteiger partial charge is 0.261 e. The van der Waals surface area contributed by atoms with Crippen molar-refractivity contribution in [1.82, 2.24) is 10.2 Å². The molecule has 0 aliphatic rings. The third-order valence-electron chi connectivity index (χ3n) is 4.83. The predicted octanol–water partition coefficient (Wildman–Crippen LogP) is 4.06. The Morgan fingerprint density at radius 1 is 1.10 bits per heavy atom. The van der Waals surface area contributed by atoms with Gasteiger partial charge in [0.1, 0.15) is 17.5 Å². The molecule has 162 valence electrons. The number of ether oxygens (including phenoxy) is 2. The summed E-state index contributed by atoms with van der Waals surface area (Å²) in [5, 5.41) is 3.51. The van der Waals surface area contributed by atoms with Gasteiger partial charge in [0.15, 0.2) is 6.61 Å². The number of nitrogens with one attached hydrogen (secondary N) is 1. The molecule has 30 heavy (non-hydrogen) atoms. The van der Waals surface area contributed by atoms with Gasteiger partial charge in [0.2, 0.25) is 5.91 Å². The molecule has 2 aromatic carbocycles. The lowest BCUT2D eigenvalue weighted by atomic mass is 10.1. The van der Waals surface area contributed by atoms with Gasteiger partial charge in [0, 0.05) is 17.6 Å². The molecular formula is C23H29ClN2O4. The fourth-order valence-electron chi connectivity index (χ4n) is 2.78. The molecule has 0 aliphatic carbocycles. The molecule has 0 unspecified atom stereocenters. The van der Waals surface area contributed by atoms with E-state index in [-0.39, 0.29) is 31.0 Å².